The van der Waals surface area contributed by atoms with Gasteiger partial charge in [-0.15, -0.1) is 0 Å². The summed E-state index contributed by atoms with van der Waals surface area (Å²) in [5.41, 5.74) is 5.96. The lowest BCUT2D eigenvalue weighted by molar-refractivity contribution is 0.0526. The molecular formula is C12H17N3O3S. The first-order chi connectivity index (χ1) is 9.20. The number of aromatic nitrogens is 2. The molecule has 7 heteroatoms. The van der Waals surface area contributed by atoms with Gasteiger partial charge in [-0.3, -0.25) is 0 Å². The van der Waals surface area contributed by atoms with Gasteiger partial charge in [0.25, 0.3) is 0 Å². The summed E-state index contributed by atoms with van der Waals surface area (Å²) in [6.07, 6.45) is 2.50. The van der Waals surface area contributed by atoms with Gasteiger partial charge in [0.1, 0.15) is 11.4 Å². The van der Waals surface area contributed by atoms with Crippen LogP contribution in [0.3, 0.4) is 0 Å². The second kappa shape index (κ2) is 6.72. The van der Waals surface area contributed by atoms with Gasteiger partial charge in [0.2, 0.25) is 0 Å². The molecule has 1 fully saturated rings. The van der Waals surface area contributed by atoms with Crippen LogP contribution in [0.5, 0.6) is 0 Å². The highest BCUT2D eigenvalue weighted by Crippen LogP contribution is 2.23. The summed E-state index contributed by atoms with van der Waals surface area (Å²) < 4.78 is 10.2. The Labute approximate surface area is 116 Å². The third kappa shape index (κ3) is 3.81. The van der Waals surface area contributed by atoms with E-state index >= 15 is 0 Å². The standard InChI is InChI=1S/C12H17N3O3S/c1-2-18-11(16)9-5-14-12(15-10(9)13)19-7-8-3-4-17-6-8/h5,8H,2-4,6-7H2,1H3,(H2,13,14,15). The summed E-state index contributed by atoms with van der Waals surface area (Å²) in [6, 6.07) is 0. The van der Waals surface area contributed by atoms with Crippen molar-refractivity contribution >= 4 is 23.5 Å². The topological polar surface area (TPSA) is 87.3 Å². The van der Waals surface area contributed by atoms with Crippen molar-refractivity contribution in [2.75, 3.05) is 31.3 Å². The van der Waals surface area contributed by atoms with Crippen molar-refractivity contribution in [2.24, 2.45) is 5.92 Å². The predicted molar refractivity (Wildman–Crippen MR) is 72.1 cm³/mol. The second-order valence-corrected chi connectivity index (χ2v) is 5.20. The number of nitrogens with zero attached hydrogens (tertiary/aromatic N) is 2. The van der Waals surface area contributed by atoms with E-state index < -0.39 is 5.97 Å². The molecule has 19 heavy (non-hydrogen) atoms. The third-order valence-corrected chi connectivity index (χ3v) is 3.86. The first-order valence-electron chi connectivity index (χ1n) is 6.21. The molecule has 0 spiro atoms. The fourth-order valence-electron chi connectivity index (χ4n) is 1.72. The highest BCUT2D eigenvalue weighted by atomic mass is 32.2. The van der Waals surface area contributed by atoms with Crippen molar-refractivity contribution in [3.05, 3.63) is 11.8 Å². The van der Waals surface area contributed by atoms with E-state index in [1.54, 1.807) is 6.92 Å². The van der Waals surface area contributed by atoms with Crippen LogP contribution in [-0.2, 0) is 9.47 Å². The Morgan fingerprint density at radius 2 is 2.53 bits per heavy atom. The van der Waals surface area contributed by atoms with Gasteiger partial charge in [-0.25, -0.2) is 14.8 Å². The molecule has 0 saturated carbocycles. The maximum absolute atomic E-state index is 11.5. The van der Waals surface area contributed by atoms with Crippen LogP contribution in [0.4, 0.5) is 5.82 Å². The number of carbonyl (C=O) groups is 1. The van der Waals surface area contributed by atoms with E-state index in [0.29, 0.717) is 17.7 Å². The number of anilines is 1. The summed E-state index contributed by atoms with van der Waals surface area (Å²) in [7, 11) is 0. The Morgan fingerprint density at radius 1 is 1.68 bits per heavy atom. The number of esters is 1. The fraction of sp³-hybridized carbons (Fsp3) is 0.583. The molecule has 1 aliphatic rings. The number of hydrogen-bond donors (Lipinski definition) is 1. The minimum absolute atomic E-state index is 0.165. The van der Waals surface area contributed by atoms with E-state index in [1.165, 1.54) is 18.0 Å². The molecule has 0 radical (unpaired) electrons. The zero-order chi connectivity index (χ0) is 13.7. The SMILES string of the molecule is CCOC(=O)c1cnc(SCC2CCOC2)nc1N. The molecule has 2 N–H and O–H groups in total. The minimum atomic E-state index is -0.485. The molecule has 2 rings (SSSR count). The van der Waals surface area contributed by atoms with Gasteiger partial charge in [0.05, 0.1) is 13.2 Å². The number of rotatable bonds is 5. The normalized spacial score (nSPS) is 18.5. The number of thioether (sulfide) groups is 1. The van der Waals surface area contributed by atoms with E-state index in [9.17, 15) is 4.79 Å². The highest BCUT2D eigenvalue weighted by molar-refractivity contribution is 7.99. The smallest absolute Gasteiger partial charge is 0.343 e. The van der Waals surface area contributed by atoms with E-state index in [-0.39, 0.29) is 11.4 Å². The van der Waals surface area contributed by atoms with Crippen LogP contribution < -0.4 is 5.73 Å². The van der Waals surface area contributed by atoms with Crippen molar-refractivity contribution in [2.45, 2.75) is 18.5 Å². The molecule has 2 heterocycles. The van der Waals surface area contributed by atoms with E-state index in [1.807, 2.05) is 0 Å². The molecule has 0 amide bonds. The number of nitrogens with two attached hydrogens (primary N) is 1. The Balaban J connectivity index is 1.95. The summed E-state index contributed by atoms with van der Waals surface area (Å²) in [4.78, 5) is 19.8. The van der Waals surface area contributed by atoms with E-state index in [2.05, 4.69) is 9.97 Å². The number of carbonyl (C=O) groups excluding carboxylic acids is 1. The molecule has 1 atom stereocenters. The van der Waals surface area contributed by atoms with Crippen LogP contribution in [0.2, 0.25) is 0 Å². The van der Waals surface area contributed by atoms with Crippen LogP contribution in [0.25, 0.3) is 0 Å². The monoisotopic (exact) mass is 283 g/mol. The van der Waals surface area contributed by atoms with Crippen LogP contribution >= 0.6 is 11.8 Å². The summed E-state index contributed by atoms with van der Waals surface area (Å²) in [5, 5.41) is 0.581. The molecule has 0 bridgehead atoms. The third-order valence-electron chi connectivity index (χ3n) is 2.76. The van der Waals surface area contributed by atoms with Crippen LogP contribution in [-0.4, -0.2) is 41.5 Å². The lowest BCUT2D eigenvalue weighted by atomic mass is 10.2. The van der Waals surface area contributed by atoms with Crippen molar-refractivity contribution in [3.63, 3.8) is 0 Å². The lowest BCUT2D eigenvalue weighted by Gasteiger charge is -2.08. The van der Waals surface area contributed by atoms with Crippen molar-refractivity contribution in [3.8, 4) is 0 Å². The molecule has 104 valence electrons. The molecule has 1 saturated heterocycles. The van der Waals surface area contributed by atoms with Gasteiger partial charge < -0.3 is 15.2 Å². The van der Waals surface area contributed by atoms with Crippen LogP contribution in [0, 0.1) is 5.92 Å². The number of nitrogen functional groups attached to an aromatic ring is 1. The Hall–Kier alpha value is -1.34. The van der Waals surface area contributed by atoms with Crippen LogP contribution in [0.1, 0.15) is 23.7 Å². The highest BCUT2D eigenvalue weighted by Gasteiger charge is 2.18. The van der Waals surface area contributed by atoms with E-state index in [0.717, 1.165) is 25.4 Å². The first kappa shape index (κ1) is 14.1. The maximum Gasteiger partial charge on any atom is 0.343 e. The molecule has 0 aliphatic carbocycles. The Kier molecular flexibility index (Phi) is 4.98. The number of hydrogen-bond acceptors (Lipinski definition) is 7. The van der Waals surface area contributed by atoms with Gasteiger partial charge in [-0.1, -0.05) is 11.8 Å². The van der Waals surface area contributed by atoms with E-state index in [4.69, 9.17) is 15.2 Å². The first-order valence-corrected chi connectivity index (χ1v) is 7.19. The molecule has 6 nitrogen and oxygen atoms in total. The minimum Gasteiger partial charge on any atom is -0.462 e. The largest absolute Gasteiger partial charge is 0.462 e. The van der Waals surface area contributed by atoms with Crippen molar-refractivity contribution < 1.29 is 14.3 Å². The molecule has 1 unspecified atom stereocenters. The second-order valence-electron chi connectivity index (χ2n) is 4.21. The average molecular weight is 283 g/mol. The molecule has 0 aromatic carbocycles. The predicted octanol–water partition coefficient (Wildman–Crippen LogP) is 1.36. The summed E-state index contributed by atoms with van der Waals surface area (Å²) in [5.74, 6) is 1.12. The van der Waals surface area contributed by atoms with Gasteiger partial charge >= 0.3 is 5.97 Å². The Bertz CT molecular complexity index is 450. The Morgan fingerprint density at radius 3 is 3.16 bits per heavy atom. The van der Waals surface area contributed by atoms with Crippen molar-refractivity contribution in [1.82, 2.24) is 9.97 Å². The molecular weight excluding hydrogens is 266 g/mol. The van der Waals surface area contributed by atoms with Crippen LogP contribution in [0.15, 0.2) is 11.4 Å². The maximum atomic E-state index is 11.5. The van der Waals surface area contributed by atoms with Crippen molar-refractivity contribution in [1.29, 1.82) is 0 Å². The lowest BCUT2D eigenvalue weighted by Crippen LogP contribution is -2.11. The molecule has 1 aromatic rings. The quantitative estimate of drug-likeness (QED) is 0.496. The van der Waals surface area contributed by atoms with Gasteiger partial charge in [-0.2, -0.15) is 0 Å². The van der Waals surface area contributed by atoms with Gasteiger partial charge in [-0.05, 0) is 19.3 Å². The zero-order valence-corrected chi connectivity index (χ0v) is 11.6. The average Bonchev–Trinajstić information content (AvgIpc) is 2.89. The van der Waals surface area contributed by atoms with Gasteiger partial charge in [0.15, 0.2) is 5.16 Å². The zero-order valence-electron chi connectivity index (χ0n) is 10.8. The summed E-state index contributed by atoms with van der Waals surface area (Å²) >= 11 is 1.53. The van der Waals surface area contributed by atoms with Gasteiger partial charge in [0, 0.05) is 18.6 Å². The molecule has 1 aliphatic heterocycles. The number of ether oxygens (including phenoxy) is 2. The summed E-state index contributed by atoms with van der Waals surface area (Å²) in [6.45, 7) is 3.67. The fourth-order valence-corrected chi connectivity index (χ4v) is 2.66. The molecule has 1 aromatic heterocycles.